The predicted octanol–water partition coefficient (Wildman–Crippen LogP) is 4.37. The number of aromatic nitrogens is 2. The molecule has 0 spiro atoms. The SMILES string of the molecule is CC(C)(C)NCCCc1nnc(CCC2CCCCC2)s1. The van der Waals surface area contributed by atoms with Gasteiger partial charge in [0.2, 0.25) is 0 Å². The minimum atomic E-state index is 0.215. The van der Waals surface area contributed by atoms with E-state index in [1.807, 2.05) is 11.3 Å². The Balaban J connectivity index is 1.64. The number of rotatable bonds is 7. The molecule has 1 aromatic heterocycles. The van der Waals surface area contributed by atoms with E-state index in [4.69, 9.17) is 0 Å². The van der Waals surface area contributed by atoms with E-state index in [1.165, 1.54) is 48.5 Å². The molecule has 2 rings (SSSR count). The number of hydrogen-bond acceptors (Lipinski definition) is 4. The molecule has 1 aliphatic rings. The van der Waals surface area contributed by atoms with Crippen LogP contribution in [-0.2, 0) is 12.8 Å². The van der Waals surface area contributed by atoms with E-state index in [2.05, 4.69) is 36.3 Å². The first-order valence-corrected chi connectivity index (χ1v) is 9.41. The number of nitrogens with one attached hydrogen (secondary N) is 1. The van der Waals surface area contributed by atoms with Crippen molar-refractivity contribution in [3.8, 4) is 0 Å². The first-order valence-electron chi connectivity index (χ1n) is 8.59. The lowest BCUT2D eigenvalue weighted by atomic mass is 9.86. The van der Waals surface area contributed by atoms with E-state index in [0.29, 0.717) is 0 Å². The molecular weight excluding hydrogens is 278 g/mol. The van der Waals surface area contributed by atoms with Crippen molar-refractivity contribution in [3.05, 3.63) is 10.0 Å². The third kappa shape index (κ3) is 6.88. The van der Waals surface area contributed by atoms with Gasteiger partial charge in [-0.2, -0.15) is 0 Å². The third-order valence-electron chi connectivity index (χ3n) is 4.22. The van der Waals surface area contributed by atoms with Crippen molar-refractivity contribution in [3.63, 3.8) is 0 Å². The van der Waals surface area contributed by atoms with Crippen molar-refractivity contribution >= 4 is 11.3 Å². The lowest BCUT2D eigenvalue weighted by Gasteiger charge is -2.20. The molecule has 0 bridgehead atoms. The molecule has 0 unspecified atom stereocenters. The Bertz CT molecular complexity index is 402. The monoisotopic (exact) mass is 309 g/mol. The van der Waals surface area contributed by atoms with Crippen LogP contribution in [0.15, 0.2) is 0 Å². The van der Waals surface area contributed by atoms with Gasteiger partial charge in [-0.25, -0.2) is 0 Å². The number of nitrogens with zero attached hydrogens (tertiary/aromatic N) is 2. The van der Waals surface area contributed by atoms with Crippen LogP contribution in [0, 0.1) is 5.92 Å². The lowest BCUT2D eigenvalue weighted by Crippen LogP contribution is -2.36. The highest BCUT2D eigenvalue weighted by atomic mass is 32.1. The van der Waals surface area contributed by atoms with Crippen LogP contribution in [0.1, 0.15) is 75.7 Å². The van der Waals surface area contributed by atoms with Gasteiger partial charge in [-0.05, 0) is 46.1 Å². The Morgan fingerprint density at radius 1 is 1.05 bits per heavy atom. The minimum absolute atomic E-state index is 0.215. The maximum absolute atomic E-state index is 4.38. The second-order valence-corrected chi connectivity index (χ2v) is 8.56. The van der Waals surface area contributed by atoms with Gasteiger partial charge >= 0.3 is 0 Å². The van der Waals surface area contributed by atoms with Crippen molar-refractivity contribution in [2.24, 2.45) is 5.92 Å². The van der Waals surface area contributed by atoms with E-state index in [-0.39, 0.29) is 5.54 Å². The molecule has 1 saturated carbocycles. The first-order chi connectivity index (χ1) is 10.0. The predicted molar refractivity (Wildman–Crippen MR) is 90.9 cm³/mol. The highest BCUT2D eigenvalue weighted by Gasteiger charge is 2.14. The van der Waals surface area contributed by atoms with Gasteiger partial charge in [0.05, 0.1) is 0 Å². The van der Waals surface area contributed by atoms with Crippen LogP contribution < -0.4 is 5.32 Å². The summed E-state index contributed by atoms with van der Waals surface area (Å²) in [7, 11) is 0. The van der Waals surface area contributed by atoms with Crippen LogP contribution in [0.4, 0.5) is 0 Å². The van der Waals surface area contributed by atoms with E-state index < -0.39 is 0 Å². The van der Waals surface area contributed by atoms with E-state index in [0.717, 1.165) is 31.7 Å². The van der Waals surface area contributed by atoms with Crippen molar-refractivity contribution < 1.29 is 0 Å². The average Bonchev–Trinajstić information content (AvgIpc) is 2.89. The summed E-state index contributed by atoms with van der Waals surface area (Å²) >= 11 is 1.83. The molecule has 1 heterocycles. The normalized spacial score (nSPS) is 17.3. The molecule has 1 N–H and O–H groups in total. The number of hydrogen-bond donors (Lipinski definition) is 1. The van der Waals surface area contributed by atoms with Crippen molar-refractivity contribution in [1.29, 1.82) is 0 Å². The molecule has 1 aromatic rings. The fourth-order valence-electron chi connectivity index (χ4n) is 3.00. The zero-order valence-electron chi connectivity index (χ0n) is 14.0. The zero-order chi connectivity index (χ0) is 15.1. The van der Waals surface area contributed by atoms with Gasteiger partial charge in [0.25, 0.3) is 0 Å². The molecule has 4 heteroatoms. The van der Waals surface area contributed by atoms with Gasteiger partial charge in [0.15, 0.2) is 0 Å². The molecular formula is C17H31N3S. The smallest absolute Gasteiger partial charge is 0.117 e. The largest absolute Gasteiger partial charge is 0.312 e. The van der Waals surface area contributed by atoms with Crippen LogP contribution in [0.25, 0.3) is 0 Å². The lowest BCUT2D eigenvalue weighted by molar-refractivity contribution is 0.339. The van der Waals surface area contributed by atoms with Crippen LogP contribution in [0.3, 0.4) is 0 Å². The maximum atomic E-state index is 4.38. The second kappa shape index (κ2) is 8.23. The van der Waals surface area contributed by atoms with Crippen molar-refractivity contribution in [2.45, 2.75) is 84.1 Å². The Kier molecular flexibility index (Phi) is 6.62. The Morgan fingerprint density at radius 3 is 2.38 bits per heavy atom. The van der Waals surface area contributed by atoms with Crippen molar-refractivity contribution in [1.82, 2.24) is 15.5 Å². The molecule has 0 aromatic carbocycles. The summed E-state index contributed by atoms with van der Waals surface area (Å²) < 4.78 is 0. The van der Waals surface area contributed by atoms with Crippen LogP contribution in [0.2, 0.25) is 0 Å². The fraction of sp³-hybridized carbons (Fsp3) is 0.882. The summed E-state index contributed by atoms with van der Waals surface area (Å²) in [6, 6.07) is 0. The van der Waals surface area contributed by atoms with Gasteiger partial charge in [-0.15, -0.1) is 21.5 Å². The topological polar surface area (TPSA) is 37.8 Å². The standard InChI is InChI=1S/C17H31N3S/c1-17(2,3)18-13-7-10-15-19-20-16(21-15)12-11-14-8-5-4-6-9-14/h14,18H,4-13H2,1-3H3. The van der Waals surface area contributed by atoms with Crippen LogP contribution in [0.5, 0.6) is 0 Å². The highest BCUT2D eigenvalue weighted by Crippen LogP contribution is 2.28. The summed E-state index contributed by atoms with van der Waals surface area (Å²) in [5, 5.41) is 14.7. The van der Waals surface area contributed by atoms with Gasteiger partial charge < -0.3 is 5.32 Å². The minimum Gasteiger partial charge on any atom is -0.312 e. The summed E-state index contributed by atoms with van der Waals surface area (Å²) in [6.07, 6.45) is 11.9. The Morgan fingerprint density at radius 2 is 1.71 bits per heavy atom. The van der Waals surface area contributed by atoms with Crippen LogP contribution >= 0.6 is 11.3 Å². The quantitative estimate of drug-likeness (QED) is 0.760. The summed E-state index contributed by atoms with van der Waals surface area (Å²) in [4.78, 5) is 0. The van der Waals surface area contributed by atoms with Crippen molar-refractivity contribution in [2.75, 3.05) is 6.54 Å². The van der Waals surface area contributed by atoms with E-state index >= 15 is 0 Å². The Labute approximate surface area is 133 Å². The van der Waals surface area contributed by atoms with E-state index in [9.17, 15) is 0 Å². The first kappa shape index (κ1) is 16.9. The second-order valence-electron chi connectivity index (χ2n) is 7.41. The molecule has 1 aliphatic carbocycles. The molecule has 21 heavy (non-hydrogen) atoms. The zero-order valence-corrected chi connectivity index (χ0v) is 14.8. The molecule has 3 nitrogen and oxygen atoms in total. The molecule has 0 atom stereocenters. The molecule has 0 amide bonds. The maximum Gasteiger partial charge on any atom is 0.117 e. The van der Waals surface area contributed by atoms with Gasteiger partial charge in [0.1, 0.15) is 10.0 Å². The fourth-order valence-corrected chi connectivity index (χ4v) is 3.90. The van der Waals surface area contributed by atoms with Gasteiger partial charge in [-0.3, -0.25) is 0 Å². The average molecular weight is 310 g/mol. The van der Waals surface area contributed by atoms with E-state index in [1.54, 1.807) is 0 Å². The highest BCUT2D eigenvalue weighted by molar-refractivity contribution is 7.11. The molecule has 0 radical (unpaired) electrons. The summed E-state index contributed by atoms with van der Waals surface area (Å²) in [5.41, 5.74) is 0.215. The van der Waals surface area contributed by atoms with Gasteiger partial charge in [-0.1, -0.05) is 32.1 Å². The molecule has 0 aliphatic heterocycles. The van der Waals surface area contributed by atoms with Crippen LogP contribution in [-0.4, -0.2) is 22.3 Å². The summed E-state index contributed by atoms with van der Waals surface area (Å²) in [5.74, 6) is 0.946. The number of aryl methyl sites for hydroxylation is 2. The molecule has 120 valence electrons. The Hall–Kier alpha value is -0.480. The van der Waals surface area contributed by atoms with Gasteiger partial charge in [0, 0.05) is 18.4 Å². The third-order valence-corrected chi connectivity index (χ3v) is 5.27. The molecule has 0 saturated heterocycles. The summed E-state index contributed by atoms with van der Waals surface area (Å²) in [6.45, 7) is 7.68. The molecule has 1 fully saturated rings.